The summed E-state index contributed by atoms with van der Waals surface area (Å²) in [4.78, 5) is 34.8. The standard InChI is InChI=1S/C17H23NO6/c1-2-3-4-5-6-11-14(20)18-15(16(21)22)24-17(23)12-9-7-8-10-13(12)19/h7-10,15,19H,2-6,11H2,1H3,(H,18,20)(H,21,22). The number of carboxylic acids is 1. The van der Waals surface area contributed by atoms with Crippen LogP contribution in [0.4, 0.5) is 0 Å². The maximum atomic E-state index is 11.9. The van der Waals surface area contributed by atoms with Crippen LogP contribution in [-0.4, -0.2) is 34.3 Å². The highest BCUT2D eigenvalue weighted by Crippen LogP contribution is 2.17. The van der Waals surface area contributed by atoms with Crippen LogP contribution in [-0.2, 0) is 14.3 Å². The number of carbonyl (C=O) groups excluding carboxylic acids is 2. The Morgan fingerprint density at radius 3 is 2.42 bits per heavy atom. The molecule has 132 valence electrons. The Bertz CT molecular complexity index is 572. The molecular formula is C17H23NO6. The highest BCUT2D eigenvalue weighted by Gasteiger charge is 2.25. The van der Waals surface area contributed by atoms with E-state index in [2.05, 4.69) is 12.2 Å². The first-order chi connectivity index (χ1) is 11.5. The molecule has 1 aromatic rings. The van der Waals surface area contributed by atoms with Crippen LogP contribution < -0.4 is 5.32 Å². The average Bonchev–Trinajstić information content (AvgIpc) is 2.54. The number of carbonyl (C=O) groups is 3. The Morgan fingerprint density at radius 2 is 1.79 bits per heavy atom. The van der Waals surface area contributed by atoms with Crippen LogP contribution in [0, 0.1) is 0 Å². The van der Waals surface area contributed by atoms with Gasteiger partial charge in [-0.25, -0.2) is 9.59 Å². The zero-order valence-electron chi connectivity index (χ0n) is 13.7. The van der Waals surface area contributed by atoms with Gasteiger partial charge in [0, 0.05) is 6.42 Å². The SMILES string of the molecule is CCCCCCCC(=O)NC(OC(=O)c1ccccc1O)C(=O)O. The number of ether oxygens (including phenoxy) is 1. The van der Waals surface area contributed by atoms with Crippen molar-refractivity contribution in [2.45, 2.75) is 51.7 Å². The second kappa shape index (κ2) is 10.3. The summed E-state index contributed by atoms with van der Waals surface area (Å²) >= 11 is 0. The molecular weight excluding hydrogens is 314 g/mol. The number of aromatic hydroxyl groups is 1. The Kier molecular flexibility index (Phi) is 8.32. The molecule has 0 spiro atoms. The lowest BCUT2D eigenvalue weighted by atomic mass is 10.1. The van der Waals surface area contributed by atoms with E-state index in [1.165, 1.54) is 24.3 Å². The summed E-state index contributed by atoms with van der Waals surface area (Å²) in [5.41, 5.74) is -0.169. The first kappa shape index (κ1) is 19.5. The van der Waals surface area contributed by atoms with E-state index in [0.717, 1.165) is 25.7 Å². The van der Waals surface area contributed by atoms with Crippen LogP contribution >= 0.6 is 0 Å². The summed E-state index contributed by atoms with van der Waals surface area (Å²) in [5, 5.41) is 20.8. The topological polar surface area (TPSA) is 113 Å². The van der Waals surface area contributed by atoms with Crippen LogP contribution in [0.15, 0.2) is 24.3 Å². The van der Waals surface area contributed by atoms with E-state index in [0.29, 0.717) is 6.42 Å². The number of benzene rings is 1. The second-order valence-corrected chi connectivity index (χ2v) is 5.37. The van der Waals surface area contributed by atoms with Crippen LogP contribution in [0.5, 0.6) is 5.75 Å². The van der Waals surface area contributed by atoms with Gasteiger partial charge in [0.25, 0.3) is 6.23 Å². The minimum absolute atomic E-state index is 0.168. The lowest BCUT2D eigenvalue weighted by molar-refractivity contribution is -0.151. The predicted molar refractivity (Wildman–Crippen MR) is 86.5 cm³/mol. The quantitative estimate of drug-likeness (QED) is 0.343. The van der Waals surface area contributed by atoms with Crippen molar-refractivity contribution in [1.29, 1.82) is 0 Å². The number of para-hydroxylation sites is 1. The van der Waals surface area contributed by atoms with Gasteiger partial charge < -0.3 is 20.3 Å². The van der Waals surface area contributed by atoms with E-state index in [-0.39, 0.29) is 17.7 Å². The van der Waals surface area contributed by atoms with Crippen molar-refractivity contribution in [3.8, 4) is 5.75 Å². The van der Waals surface area contributed by atoms with E-state index in [1.807, 2.05) is 0 Å². The van der Waals surface area contributed by atoms with Gasteiger partial charge in [0.05, 0.1) is 0 Å². The number of unbranched alkanes of at least 4 members (excludes halogenated alkanes) is 4. The molecule has 1 rings (SSSR count). The van der Waals surface area contributed by atoms with Crippen molar-refractivity contribution < 1.29 is 29.3 Å². The molecule has 0 saturated heterocycles. The molecule has 7 heteroatoms. The molecule has 0 aliphatic carbocycles. The largest absolute Gasteiger partial charge is 0.507 e. The third-order valence-electron chi connectivity index (χ3n) is 3.37. The van der Waals surface area contributed by atoms with Crippen LogP contribution in [0.2, 0.25) is 0 Å². The van der Waals surface area contributed by atoms with Gasteiger partial charge in [0.2, 0.25) is 5.91 Å². The first-order valence-electron chi connectivity index (χ1n) is 7.96. The van der Waals surface area contributed by atoms with E-state index >= 15 is 0 Å². The smallest absolute Gasteiger partial charge is 0.366 e. The summed E-state index contributed by atoms with van der Waals surface area (Å²) in [6.45, 7) is 2.09. The van der Waals surface area contributed by atoms with Crippen molar-refractivity contribution >= 4 is 17.8 Å². The van der Waals surface area contributed by atoms with E-state index < -0.39 is 24.1 Å². The van der Waals surface area contributed by atoms with Crippen molar-refractivity contribution in [2.24, 2.45) is 0 Å². The number of aliphatic carboxylic acids is 1. The van der Waals surface area contributed by atoms with Crippen molar-refractivity contribution in [1.82, 2.24) is 5.32 Å². The zero-order valence-corrected chi connectivity index (χ0v) is 13.7. The lowest BCUT2D eigenvalue weighted by Crippen LogP contribution is -2.44. The number of phenolic OH excluding ortho intramolecular Hbond substituents is 1. The summed E-state index contributed by atoms with van der Waals surface area (Å²) in [7, 11) is 0. The van der Waals surface area contributed by atoms with Crippen molar-refractivity contribution in [2.75, 3.05) is 0 Å². The molecule has 1 unspecified atom stereocenters. The van der Waals surface area contributed by atoms with Gasteiger partial charge in [0.1, 0.15) is 11.3 Å². The number of esters is 1. The molecule has 0 heterocycles. The zero-order chi connectivity index (χ0) is 17.9. The maximum absolute atomic E-state index is 11.9. The van der Waals surface area contributed by atoms with Crippen molar-refractivity contribution in [3.63, 3.8) is 0 Å². The molecule has 0 aromatic heterocycles. The Morgan fingerprint density at radius 1 is 1.12 bits per heavy atom. The number of rotatable bonds is 10. The lowest BCUT2D eigenvalue weighted by Gasteiger charge is -2.15. The predicted octanol–water partition coefficient (Wildman–Crippen LogP) is 2.44. The van der Waals surface area contributed by atoms with Gasteiger partial charge in [-0.2, -0.15) is 0 Å². The molecule has 0 fully saturated rings. The number of amides is 1. The summed E-state index contributed by atoms with van der Waals surface area (Å²) < 4.78 is 4.76. The second-order valence-electron chi connectivity index (χ2n) is 5.37. The van der Waals surface area contributed by atoms with E-state index in [4.69, 9.17) is 9.84 Å². The number of hydrogen-bond donors (Lipinski definition) is 3. The van der Waals surface area contributed by atoms with Gasteiger partial charge >= 0.3 is 11.9 Å². The van der Waals surface area contributed by atoms with Crippen molar-refractivity contribution in [3.05, 3.63) is 29.8 Å². The fourth-order valence-electron chi connectivity index (χ4n) is 2.07. The van der Waals surface area contributed by atoms with Crippen LogP contribution in [0.25, 0.3) is 0 Å². The molecule has 0 saturated carbocycles. The molecule has 0 bridgehead atoms. The minimum Gasteiger partial charge on any atom is -0.507 e. The maximum Gasteiger partial charge on any atom is 0.366 e. The van der Waals surface area contributed by atoms with Gasteiger partial charge in [-0.3, -0.25) is 4.79 Å². The molecule has 1 atom stereocenters. The molecule has 24 heavy (non-hydrogen) atoms. The van der Waals surface area contributed by atoms with Gasteiger partial charge in [0.15, 0.2) is 0 Å². The number of hydrogen-bond acceptors (Lipinski definition) is 5. The molecule has 3 N–H and O–H groups in total. The van der Waals surface area contributed by atoms with E-state index in [9.17, 15) is 19.5 Å². The van der Waals surface area contributed by atoms with E-state index in [1.54, 1.807) is 0 Å². The highest BCUT2D eigenvalue weighted by atomic mass is 16.6. The average molecular weight is 337 g/mol. The Hall–Kier alpha value is -2.57. The molecule has 0 radical (unpaired) electrons. The Labute approximate surface area is 140 Å². The summed E-state index contributed by atoms with van der Waals surface area (Å²) in [6, 6.07) is 5.59. The third kappa shape index (κ3) is 6.68. The first-order valence-corrected chi connectivity index (χ1v) is 7.96. The van der Waals surface area contributed by atoms with Gasteiger partial charge in [-0.1, -0.05) is 44.7 Å². The summed E-state index contributed by atoms with van der Waals surface area (Å²) in [6.07, 6.45) is 3.12. The summed E-state index contributed by atoms with van der Waals surface area (Å²) in [5.74, 6) is -3.33. The molecule has 7 nitrogen and oxygen atoms in total. The fourth-order valence-corrected chi connectivity index (χ4v) is 2.07. The monoisotopic (exact) mass is 337 g/mol. The normalized spacial score (nSPS) is 11.5. The van der Waals surface area contributed by atoms with Gasteiger partial charge in [-0.05, 0) is 18.6 Å². The number of nitrogens with one attached hydrogen (secondary N) is 1. The molecule has 1 aromatic carbocycles. The fraction of sp³-hybridized carbons (Fsp3) is 0.471. The minimum atomic E-state index is -1.79. The molecule has 0 aliphatic heterocycles. The number of carboxylic acid groups (broad SMARTS) is 1. The van der Waals surface area contributed by atoms with Crippen LogP contribution in [0.3, 0.4) is 0 Å². The van der Waals surface area contributed by atoms with Crippen LogP contribution in [0.1, 0.15) is 55.8 Å². The molecule has 0 aliphatic rings. The number of phenols is 1. The third-order valence-corrected chi connectivity index (χ3v) is 3.37. The van der Waals surface area contributed by atoms with Gasteiger partial charge in [-0.15, -0.1) is 0 Å². The molecule has 1 amide bonds. The highest BCUT2D eigenvalue weighted by molar-refractivity contribution is 5.94. The Balaban J connectivity index is 2.52.